The first-order chi connectivity index (χ1) is 9.71. The van der Waals surface area contributed by atoms with Gasteiger partial charge in [-0.25, -0.2) is 8.42 Å². The van der Waals surface area contributed by atoms with Crippen LogP contribution in [0.2, 0.25) is 5.02 Å². The highest BCUT2D eigenvalue weighted by Crippen LogP contribution is 2.28. The predicted octanol–water partition coefficient (Wildman–Crippen LogP) is 2.95. The minimum absolute atomic E-state index is 0.118. The van der Waals surface area contributed by atoms with E-state index >= 15 is 0 Å². The molecule has 21 heavy (non-hydrogen) atoms. The molecule has 0 aliphatic heterocycles. The van der Waals surface area contributed by atoms with Crippen molar-refractivity contribution in [2.24, 2.45) is 0 Å². The van der Waals surface area contributed by atoms with Crippen LogP contribution in [0.5, 0.6) is 0 Å². The Balaban J connectivity index is 2.33. The summed E-state index contributed by atoms with van der Waals surface area (Å²) in [5.41, 5.74) is 6.61. The Labute approximate surface area is 129 Å². The van der Waals surface area contributed by atoms with E-state index in [1.165, 1.54) is 23.5 Å². The van der Waals surface area contributed by atoms with Crippen LogP contribution >= 0.6 is 11.6 Å². The number of hydrogen-bond acceptors (Lipinski definition) is 4. The van der Waals surface area contributed by atoms with Gasteiger partial charge in [0.1, 0.15) is 11.5 Å². The highest BCUT2D eigenvalue weighted by atomic mass is 35.5. The second-order valence-corrected chi connectivity index (χ2v) is 7.34. The predicted molar refractivity (Wildman–Crippen MR) is 82.7 cm³/mol. The van der Waals surface area contributed by atoms with E-state index in [-0.39, 0.29) is 17.1 Å². The van der Waals surface area contributed by atoms with Gasteiger partial charge >= 0.3 is 0 Å². The van der Waals surface area contributed by atoms with Crippen LogP contribution in [0.25, 0.3) is 0 Å². The van der Waals surface area contributed by atoms with E-state index in [4.69, 9.17) is 21.8 Å². The molecule has 1 aromatic carbocycles. The van der Waals surface area contributed by atoms with Gasteiger partial charge in [0.25, 0.3) is 0 Å². The number of hydrogen-bond donors (Lipinski definition) is 1. The summed E-state index contributed by atoms with van der Waals surface area (Å²) in [7, 11) is -2.16. The SMILES string of the molecule is Cc1ccc(CN(C)S(=O)(=O)c2cc(C)c(Cl)c(N)c2)o1. The van der Waals surface area contributed by atoms with E-state index in [2.05, 4.69) is 0 Å². The second kappa shape index (κ2) is 5.71. The first kappa shape index (κ1) is 15.9. The van der Waals surface area contributed by atoms with Gasteiger partial charge in [0.05, 0.1) is 22.2 Å². The van der Waals surface area contributed by atoms with Crippen molar-refractivity contribution in [2.45, 2.75) is 25.3 Å². The van der Waals surface area contributed by atoms with Crippen LogP contribution in [0.1, 0.15) is 17.1 Å². The lowest BCUT2D eigenvalue weighted by atomic mass is 10.2. The van der Waals surface area contributed by atoms with Crippen molar-refractivity contribution in [1.82, 2.24) is 4.31 Å². The molecule has 0 atom stereocenters. The van der Waals surface area contributed by atoms with Gasteiger partial charge in [-0.1, -0.05) is 11.6 Å². The van der Waals surface area contributed by atoms with Gasteiger partial charge in [-0.15, -0.1) is 0 Å². The summed E-state index contributed by atoms with van der Waals surface area (Å²) in [4.78, 5) is 0.118. The Morgan fingerprint density at radius 2 is 1.95 bits per heavy atom. The first-order valence-corrected chi connectivity index (χ1v) is 8.11. The summed E-state index contributed by atoms with van der Waals surface area (Å²) in [6.45, 7) is 3.67. The van der Waals surface area contributed by atoms with Gasteiger partial charge in [-0.05, 0) is 43.7 Å². The number of furan rings is 1. The highest BCUT2D eigenvalue weighted by molar-refractivity contribution is 7.89. The third-order valence-corrected chi connectivity index (χ3v) is 5.44. The fourth-order valence-corrected chi connectivity index (χ4v) is 3.33. The molecule has 2 aromatic rings. The molecule has 0 fully saturated rings. The molecule has 7 heteroatoms. The molecule has 0 unspecified atom stereocenters. The molecule has 2 rings (SSSR count). The van der Waals surface area contributed by atoms with E-state index in [1.54, 1.807) is 26.0 Å². The molecule has 0 radical (unpaired) electrons. The quantitative estimate of drug-likeness (QED) is 0.875. The molecule has 0 aliphatic rings. The van der Waals surface area contributed by atoms with Gasteiger partial charge in [0, 0.05) is 7.05 Å². The fourth-order valence-electron chi connectivity index (χ4n) is 1.97. The summed E-state index contributed by atoms with van der Waals surface area (Å²) >= 11 is 5.96. The Kier molecular flexibility index (Phi) is 4.32. The lowest BCUT2D eigenvalue weighted by molar-refractivity contribution is 0.397. The highest BCUT2D eigenvalue weighted by Gasteiger charge is 2.23. The number of benzene rings is 1. The van der Waals surface area contributed by atoms with Gasteiger partial charge in [-0.3, -0.25) is 0 Å². The topological polar surface area (TPSA) is 76.5 Å². The minimum Gasteiger partial charge on any atom is -0.465 e. The number of aryl methyl sites for hydroxylation is 2. The summed E-state index contributed by atoms with van der Waals surface area (Å²) in [6.07, 6.45) is 0. The van der Waals surface area contributed by atoms with Crippen LogP contribution in [0, 0.1) is 13.8 Å². The Bertz CT molecular complexity index is 745. The van der Waals surface area contributed by atoms with Gasteiger partial charge in [0.2, 0.25) is 10.0 Å². The average Bonchev–Trinajstić information content (AvgIpc) is 2.80. The van der Waals surface area contributed by atoms with Crippen LogP contribution < -0.4 is 5.73 Å². The van der Waals surface area contributed by atoms with E-state index in [9.17, 15) is 8.42 Å². The zero-order valence-electron chi connectivity index (χ0n) is 12.1. The molecule has 0 bridgehead atoms. The Hall–Kier alpha value is -1.50. The smallest absolute Gasteiger partial charge is 0.243 e. The zero-order chi connectivity index (χ0) is 15.8. The van der Waals surface area contributed by atoms with Gasteiger partial charge in [-0.2, -0.15) is 4.31 Å². The number of anilines is 1. The lowest BCUT2D eigenvalue weighted by Gasteiger charge is -2.17. The molecule has 0 aliphatic carbocycles. The third kappa shape index (κ3) is 3.23. The van der Waals surface area contributed by atoms with E-state index < -0.39 is 10.0 Å². The van der Waals surface area contributed by atoms with Gasteiger partial charge in [0.15, 0.2) is 0 Å². The van der Waals surface area contributed by atoms with Crippen LogP contribution in [-0.4, -0.2) is 19.8 Å². The lowest BCUT2D eigenvalue weighted by Crippen LogP contribution is -2.26. The molecule has 0 saturated heterocycles. The molecule has 1 heterocycles. The number of nitrogen functional groups attached to an aromatic ring is 1. The molecular weight excluding hydrogens is 312 g/mol. The number of halogens is 1. The zero-order valence-corrected chi connectivity index (χ0v) is 13.6. The normalized spacial score (nSPS) is 12.0. The first-order valence-electron chi connectivity index (χ1n) is 6.29. The number of rotatable bonds is 4. The molecular formula is C14H17ClN2O3S. The molecule has 5 nitrogen and oxygen atoms in total. The van der Waals surface area contributed by atoms with Gasteiger partial charge < -0.3 is 10.2 Å². The standard InChI is InChI=1S/C14H17ClN2O3S/c1-9-6-12(7-13(16)14(9)15)21(18,19)17(3)8-11-5-4-10(2)20-11/h4-7H,8,16H2,1-3H3. The molecule has 0 spiro atoms. The second-order valence-electron chi connectivity index (χ2n) is 4.92. The van der Waals surface area contributed by atoms with Crippen molar-refractivity contribution in [3.63, 3.8) is 0 Å². The van der Waals surface area contributed by atoms with Crippen LogP contribution in [0.3, 0.4) is 0 Å². The summed E-state index contributed by atoms with van der Waals surface area (Å²) in [5.74, 6) is 1.32. The van der Waals surface area contributed by atoms with E-state index in [1.807, 2.05) is 0 Å². The summed E-state index contributed by atoms with van der Waals surface area (Å²) in [5, 5.41) is 0.373. The molecule has 0 saturated carbocycles. The van der Waals surface area contributed by atoms with Crippen molar-refractivity contribution in [2.75, 3.05) is 12.8 Å². The van der Waals surface area contributed by atoms with E-state index in [0.29, 0.717) is 16.3 Å². The molecule has 114 valence electrons. The molecule has 2 N–H and O–H groups in total. The maximum atomic E-state index is 12.5. The number of nitrogens with two attached hydrogens (primary N) is 1. The van der Waals surface area contributed by atoms with Crippen LogP contribution in [0.15, 0.2) is 33.6 Å². The largest absolute Gasteiger partial charge is 0.465 e. The summed E-state index contributed by atoms with van der Waals surface area (Å²) in [6, 6.07) is 6.43. The monoisotopic (exact) mass is 328 g/mol. The molecule has 1 aromatic heterocycles. The maximum Gasteiger partial charge on any atom is 0.243 e. The third-order valence-electron chi connectivity index (χ3n) is 3.14. The van der Waals surface area contributed by atoms with Crippen molar-refractivity contribution >= 4 is 27.3 Å². The minimum atomic E-state index is -3.65. The van der Waals surface area contributed by atoms with Crippen molar-refractivity contribution < 1.29 is 12.8 Å². The van der Waals surface area contributed by atoms with Crippen molar-refractivity contribution in [3.05, 3.63) is 46.4 Å². The number of sulfonamides is 1. The van der Waals surface area contributed by atoms with Crippen molar-refractivity contribution in [1.29, 1.82) is 0 Å². The number of nitrogens with zero attached hydrogens (tertiary/aromatic N) is 1. The van der Waals surface area contributed by atoms with E-state index in [0.717, 1.165) is 5.76 Å². The Morgan fingerprint density at radius 1 is 1.29 bits per heavy atom. The Morgan fingerprint density at radius 3 is 2.48 bits per heavy atom. The van der Waals surface area contributed by atoms with Crippen LogP contribution in [-0.2, 0) is 16.6 Å². The van der Waals surface area contributed by atoms with Crippen molar-refractivity contribution in [3.8, 4) is 0 Å². The average molecular weight is 329 g/mol. The fraction of sp³-hybridized carbons (Fsp3) is 0.286. The van der Waals surface area contributed by atoms with Crippen LogP contribution in [0.4, 0.5) is 5.69 Å². The summed E-state index contributed by atoms with van der Waals surface area (Å²) < 4.78 is 31.7. The maximum absolute atomic E-state index is 12.5. The molecule has 0 amide bonds.